The van der Waals surface area contributed by atoms with Gasteiger partial charge in [-0.2, -0.15) is 4.98 Å². The van der Waals surface area contributed by atoms with Crippen LogP contribution in [0.4, 0.5) is 5.69 Å². The first-order chi connectivity index (χ1) is 14.2. The minimum absolute atomic E-state index is 0.0721. The van der Waals surface area contributed by atoms with Crippen LogP contribution in [-0.2, 0) is 14.8 Å². The van der Waals surface area contributed by atoms with Gasteiger partial charge in [-0.05, 0) is 62.7 Å². The van der Waals surface area contributed by atoms with Crippen LogP contribution < -0.4 is 9.46 Å². The zero-order valence-corrected chi connectivity index (χ0v) is 17.7. The van der Waals surface area contributed by atoms with Crippen LogP contribution in [0.25, 0.3) is 0 Å². The smallest absolute Gasteiger partial charge is 0.339 e. The van der Waals surface area contributed by atoms with E-state index >= 15 is 0 Å². The third kappa shape index (κ3) is 4.77. The van der Waals surface area contributed by atoms with E-state index in [-0.39, 0.29) is 16.3 Å². The van der Waals surface area contributed by atoms with Crippen LogP contribution in [-0.4, -0.2) is 31.6 Å². The number of hydrogen-bond donors (Lipinski definition) is 1. The maximum atomic E-state index is 12.8. The van der Waals surface area contributed by atoms with Gasteiger partial charge >= 0.3 is 5.97 Å². The number of nitrogens with zero attached hydrogens (tertiary/aromatic N) is 2. The number of aromatic nitrogens is 2. The number of anilines is 1. The zero-order chi connectivity index (χ0) is 21.9. The molecule has 1 aromatic heterocycles. The van der Waals surface area contributed by atoms with Gasteiger partial charge in [-0.25, -0.2) is 13.2 Å². The van der Waals surface area contributed by atoms with Gasteiger partial charge in [-0.1, -0.05) is 11.2 Å². The fourth-order valence-corrected chi connectivity index (χ4v) is 3.70. The molecule has 0 aliphatic carbocycles. The molecule has 0 spiro atoms. The van der Waals surface area contributed by atoms with E-state index in [0.717, 1.165) is 0 Å². The molecule has 0 fully saturated rings. The lowest BCUT2D eigenvalue weighted by Crippen LogP contribution is -2.15. The number of nitrogens with one attached hydrogen (secondary N) is 1. The van der Waals surface area contributed by atoms with Crippen molar-refractivity contribution in [3.8, 4) is 5.75 Å². The normalized spacial score (nSPS) is 12.3. The van der Waals surface area contributed by atoms with E-state index in [4.69, 9.17) is 14.0 Å². The minimum Gasteiger partial charge on any atom is -0.497 e. The van der Waals surface area contributed by atoms with E-state index in [0.29, 0.717) is 22.8 Å². The van der Waals surface area contributed by atoms with Gasteiger partial charge in [-0.3, -0.25) is 4.72 Å². The van der Waals surface area contributed by atoms with Crippen LogP contribution in [0.2, 0.25) is 0 Å². The predicted molar refractivity (Wildman–Crippen MR) is 108 cm³/mol. The SMILES string of the molecule is COc1ccc(NS(=O)(=O)c2ccc(C)c(C(=O)OC(C)c3nc(C)no3)c2)cc1. The second-order valence-corrected chi connectivity index (χ2v) is 8.22. The number of ether oxygens (including phenoxy) is 2. The summed E-state index contributed by atoms with van der Waals surface area (Å²) < 4.78 is 43.4. The molecule has 1 N–H and O–H groups in total. The molecule has 0 saturated carbocycles. The van der Waals surface area contributed by atoms with E-state index < -0.39 is 22.1 Å². The molecule has 158 valence electrons. The first-order valence-electron chi connectivity index (χ1n) is 8.98. The summed E-state index contributed by atoms with van der Waals surface area (Å²) in [5.41, 5.74) is 1.05. The van der Waals surface area contributed by atoms with Crippen molar-refractivity contribution in [2.75, 3.05) is 11.8 Å². The second kappa shape index (κ2) is 8.54. The van der Waals surface area contributed by atoms with Crippen molar-refractivity contribution in [2.45, 2.75) is 31.8 Å². The molecular formula is C20H21N3O6S. The average Bonchev–Trinajstić information content (AvgIpc) is 3.15. The molecule has 30 heavy (non-hydrogen) atoms. The molecule has 3 aromatic rings. The number of carbonyl (C=O) groups excluding carboxylic acids is 1. The Bertz CT molecular complexity index is 1160. The van der Waals surface area contributed by atoms with Gasteiger partial charge in [0.25, 0.3) is 15.9 Å². The first kappa shape index (κ1) is 21.3. The highest BCUT2D eigenvalue weighted by molar-refractivity contribution is 7.92. The number of aryl methyl sites for hydroxylation is 2. The van der Waals surface area contributed by atoms with Crippen molar-refractivity contribution in [3.63, 3.8) is 0 Å². The largest absolute Gasteiger partial charge is 0.497 e. The third-order valence-corrected chi connectivity index (χ3v) is 5.64. The summed E-state index contributed by atoms with van der Waals surface area (Å²) in [6.45, 7) is 4.92. The summed E-state index contributed by atoms with van der Waals surface area (Å²) in [4.78, 5) is 16.6. The highest BCUT2D eigenvalue weighted by Gasteiger charge is 2.23. The average molecular weight is 431 g/mol. The maximum absolute atomic E-state index is 12.8. The van der Waals surface area contributed by atoms with Crippen molar-refractivity contribution >= 4 is 21.7 Å². The predicted octanol–water partition coefficient (Wildman–Crippen LogP) is 3.41. The Morgan fingerprint density at radius 2 is 1.83 bits per heavy atom. The highest BCUT2D eigenvalue weighted by atomic mass is 32.2. The van der Waals surface area contributed by atoms with Crippen LogP contribution >= 0.6 is 0 Å². The highest BCUT2D eigenvalue weighted by Crippen LogP contribution is 2.23. The number of rotatable bonds is 7. The topological polar surface area (TPSA) is 121 Å². The summed E-state index contributed by atoms with van der Waals surface area (Å²) in [5, 5.41) is 3.66. The third-order valence-electron chi connectivity index (χ3n) is 4.26. The first-order valence-corrected chi connectivity index (χ1v) is 10.5. The lowest BCUT2D eigenvalue weighted by atomic mass is 10.1. The fraction of sp³-hybridized carbons (Fsp3) is 0.250. The van der Waals surface area contributed by atoms with E-state index in [9.17, 15) is 13.2 Å². The molecule has 9 nitrogen and oxygen atoms in total. The second-order valence-electron chi connectivity index (χ2n) is 6.54. The summed E-state index contributed by atoms with van der Waals surface area (Å²) in [6.07, 6.45) is -0.782. The summed E-state index contributed by atoms with van der Waals surface area (Å²) in [6, 6.07) is 10.7. The van der Waals surface area contributed by atoms with Crippen molar-refractivity contribution in [2.24, 2.45) is 0 Å². The summed E-state index contributed by atoms with van der Waals surface area (Å²) in [7, 11) is -2.40. The molecule has 2 aromatic carbocycles. The number of benzene rings is 2. The molecule has 0 aliphatic heterocycles. The molecule has 0 bridgehead atoms. The molecule has 1 unspecified atom stereocenters. The quantitative estimate of drug-likeness (QED) is 0.565. The van der Waals surface area contributed by atoms with Gasteiger partial charge in [0.15, 0.2) is 11.9 Å². The molecule has 0 aliphatic rings. The van der Waals surface area contributed by atoms with Crippen molar-refractivity contribution < 1.29 is 27.2 Å². The van der Waals surface area contributed by atoms with Crippen LogP contribution in [0.1, 0.15) is 40.7 Å². The summed E-state index contributed by atoms with van der Waals surface area (Å²) >= 11 is 0. The Morgan fingerprint density at radius 3 is 2.43 bits per heavy atom. The van der Waals surface area contributed by atoms with E-state index in [2.05, 4.69) is 14.9 Å². The van der Waals surface area contributed by atoms with Crippen LogP contribution in [0.3, 0.4) is 0 Å². The number of esters is 1. The molecule has 0 saturated heterocycles. The van der Waals surface area contributed by atoms with Crippen LogP contribution in [0.5, 0.6) is 5.75 Å². The minimum atomic E-state index is -3.92. The number of sulfonamides is 1. The fourth-order valence-electron chi connectivity index (χ4n) is 2.61. The monoisotopic (exact) mass is 431 g/mol. The standard InChI is InChI=1S/C20H21N3O6S/c1-12-5-10-17(30(25,26)23-15-6-8-16(27-4)9-7-15)11-18(12)20(24)28-13(2)19-21-14(3)22-29-19/h5-11,13,23H,1-4H3. The molecule has 0 radical (unpaired) electrons. The van der Waals surface area contributed by atoms with Crippen molar-refractivity contribution in [1.82, 2.24) is 10.1 Å². The van der Waals surface area contributed by atoms with E-state index in [1.165, 1.54) is 19.2 Å². The summed E-state index contributed by atoms with van der Waals surface area (Å²) in [5.74, 6) is 0.478. The van der Waals surface area contributed by atoms with Gasteiger partial charge in [-0.15, -0.1) is 0 Å². The number of hydrogen-bond acceptors (Lipinski definition) is 8. The van der Waals surface area contributed by atoms with Gasteiger partial charge in [0.1, 0.15) is 5.75 Å². The number of methoxy groups -OCH3 is 1. The van der Waals surface area contributed by atoms with Crippen molar-refractivity contribution in [1.29, 1.82) is 0 Å². The van der Waals surface area contributed by atoms with Gasteiger partial charge in [0.05, 0.1) is 17.6 Å². The van der Waals surface area contributed by atoms with E-state index in [1.54, 1.807) is 51.1 Å². The lowest BCUT2D eigenvalue weighted by molar-refractivity contribution is 0.0264. The van der Waals surface area contributed by atoms with Gasteiger partial charge < -0.3 is 14.0 Å². The zero-order valence-electron chi connectivity index (χ0n) is 16.9. The molecular weight excluding hydrogens is 410 g/mol. The van der Waals surface area contributed by atoms with Gasteiger partial charge in [0, 0.05) is 5.69 Å². The Hall–Kier alpha value is -3.40. The van der Waals surface area contributed by atoms with Crippen LogP contribution in [0.15, 0.2) is 51.9 Å². The van der Waals surface area contributed by atoms with Gasteiger partial charge in [0.2, 0.25) is 0 Å². The Balaban J connectivity index is 1.81. The Kier molecular flexibility index (Phi) is 6.06. The molecule has 10 heteroatoms. The Morgan fingerprint density at radius 1 is 1.13 bits per heavy atom. The maximum Gasteiger partial charge on any atom is 0.339 e. The van der Waals surface area contributed by atoms with Crippen LogP contribution in [0, 0.1) is 13.8 Å². The van der Waals surface area contributed by atoms with Crippen molar-refractivity contribution in [3.05, 3.63) is 65.3 Å². The molecule has 0 amide bonds. The Labute approximate surface area is 174 Å². The van der Waals surface area contributed by atoms with E-state index in [1.807, 2.05) is 0 Å². The number of carbonyl (C=O) groups is 1. The lowest BCUT2D eigenvalue weighted by Gasteiger charge is -2.13. The molecule has 3 rings (SSSR count). The molecule has 1 heterocycles. The molecule has 1 atom stereocenters.